The number of hydrogen-bond donors (Lipinski definition) is 0. The molecule has 0 N–H and O–H groups in total. The third-order valence-corrected chi connectivity index (χ3v) is 5.73. The zero-order valence-electron chi connectivity index (χ0n) is 12.8. The number of aromatic nitrogens is 3. The average molecular weight is 324 g/mol. The first-order valence-corrected chi connectivity index (χ1v) is 9.17. The summed E-state index contributed by atoms with van der Waals surface area (Å²) < 4.78 is 28.0. The topological polar surface area (TPSA) is 77.2 Å². The number of imidazole rings is 1. The molecular weight excluding hydrogens is 304 g/mol. The molecule has 1 fully saturated rings. The van der Waals surface area contributed by atoms with Crippen LogP contribution in [-0.2, 0) is 23.6 Å². The summed E-state index contributed by atoms with van der Waals surface area (Å²) in [4.78, 5) is 16.4. The number of piperidine rings is 1. The van der Waals surface area contributed by atoms with Gasteiger partial charge in [-0.25, -0.2) is 17.5 Å². The fraction of sp³-hybridized carbons (Fsp3) is 0.571. The van der Waals surface area contributed by atoms with E-state index in [9.17, 15) is 13.2 Å². The molecular formula is C14H20N4O3S. The van der Waals surface area contributed by atoms with E-state index in [1.165, 1.54) is 10.6 Å². The van der Waals surface area contributed by atoms with Crippen molar-refractivity contribution in [1.29, 1.82) is 0 Å². The molecule has 2 aromatic rings. The van der Waals surface area contributed by atoms with Gasteiger partial charge in [-0.05, 0) is 24.8 Å². The Morgan fingerprint density at radius 2 is 1.95 bits per heavy atom. The van der Waals surface area contributed by atoms with Gasteiger partial charge in [0.25, 0.3) is 0 Å². The van der Waals surface area contributed by atoms with Crippen molar-refractivity contribution in [3.05, 3.63) is 28.9 Å². The molecule has 0 bridgehead atoms. The number of fused-ring (bicyclic) bond motifs is 1. The van der Waals surface area contributed by atoms with Gasteiger partial charge in [0.15, 0.2) is 0 Å². The maximum absolute atomic E-state index is 12.4. The second-order valence-corrected chi connectivity index (χ2v) is 7.90. The summed E-state index contributed by atoms with van der Waals surface area (Å²) in [6.45, 7) is 1.69. The Hall–Kier alpha value is -1.67. The third kappa shape index (κ3) is 2.68. The molecule has 0 atom stereocenters. The Kier molecular flexibility index (Phi) is 3.82. The molecule has 0 spiro atoms. The van der Waals surface area contributed by atoms with E-state index < -0.39 is 10.0 Å². The molecule has 3 heterocycles. The molecule has 3 rings (SSSR count). The Morgan fingerprint density at radius 3 is 2.59 bits per heavy atom. The van der Waals surface area contributed by atoms with Crippen LogP contribution in [0.5, 0.6) is 0 Å². The van der Waals surface area contributed by atoms with Crippen LogP contribution < -0.4 is 5.69 Å². The van der Waals surface area contributed by atoms with Gasteiger partial charge in [-0.2, -0.15) is 0 Å². The lowest BCUT2D eigenvalue weighted by Crippen LogP contribution is -2.39. The van der Waals surface area contributed by atoms with Crippen LogP contribution >= 0.6 is 0 Å². The van der Waals surface area contributed by atoms with Crippen LogP contribution in [0.15, 0.2) is 23.3 Å². The van der Waals surface area contributed by atoms with Crippen LogP contribution in [0.25, 0.3) is 11.0 Å². The standard InChI is InChI=1S/C14H20N4O3S/c1-16-13-9-15-6-3-12(13)18(14(16)19)10-11-4-7-17(8-5-11)22(2,20)21/h3,6,9,11H,4-5,7-8,10H2,1-2H3. The minimum Gasteiger partial charge on any atom is -0.294 e. The normalized spacial score (nSPS) is 18.1. The summed E-state index contributed by atoms with van der Waals surface area (Å²) in [7, 11) is -1.36. The Labute approximate surface area is 129 Å². The van der Waals surface area contributed by atoms with Crippen molar-refractivity contribution in [2.45, 2.75) is 19.4 Å². The lowest BCUT2D eigenvalue weighted by Gasteiger charge is -2.30. The van der Waals surface area contributed by atoms with Crippen molar-refractivity contribution in [1.82, 2.24) is 18.4 Å². The van der Waals surface area contributed by atoms with Crippen LogP contribution in [0.1, 0.15) is 12.8 Å². The van der Waals surface area contributed by atoms with Crippen LogP contribution in [0.2, 0.25) is 0 Å². The zero-order chi connectivity index (χ0) is 15.9. The molecule has 1 saturated heterocycles. The van der Waals surface area contributed by atoms with Crippen LogP contribution in [0, 0.1) is 5.92 Å². The lowest BCUT2D eigenvalue weighted by molar-refractivity contribution is 0.254. The van der Waals surface area contributed by atoms with Crippen molar-refractivity contribution in [2.24, 2.45) is 13.0 Å². The monoisotopic (exact) mass is 324 g/mol. The maximum Gasteiger partial charge on any atom is 0.328 e. The largest absolute Gasteiger partial charge is 0.328 e. The highest BCUT2D eigenvalue weighted by Gasteiger charge is 2.26. The van der Waals surface area contributed by atoms with Gasteiger partial charge in [-0.1, -0.05) is 0 Å². The van der Waals surface area contributed by atoms with Crippen molar-refractivity contribution in [3.63, 3.8) is 0 Å². The fourth-order valence-corrected chi connectivity index (χ4v) is 3.98. The average Bonchev–Trinajstić information content (AvgIpc) is 2.73. The summed E-state index contributed by atoms with van der Waals surface area (Å²) in [5.74, 6) is 0.314. The molecule has 1 aliphatic rings. The molecule has 2 aromatic heterocycles. The van der Waals surface area contributed by atoms with E-state index in [-0.39, 0.29) is 5.69 Å². The van der Waals surface area contributed by atoms with Gasteiger partial charge < -0.3 is 0 Å². The number of sulfonamides is 1. The third-order valence-electron chi connectivity index (χ3n) is 4.43. The second kappa shape index (κ2) is 5.51. The Bertz CT molecular complexity index is 845. The van der Waals surface area contributed by atoms with Crippen molar-refractivity contribution in [2.75, 3.05) is 19.3 Å². The number of hydrogen-bond acceptors (Lipinski definition) is 4. The first-order chi connectivity index (χ1) is 10.4. The van der Waals surface area contributed by atoms with Gasteiger partial charge in [0.2, 0.25) is 10.0 Å². The highest BCUT2D eigenvalue weighted by molar-refractivity contribution is 7.88. The predicted octanol–water partition coefficient (Wildman–Crippen LogP) is 0.407. The maximum atomic E-state index is 12.4. The molecule has 120 valence electrons. The van der Waals surface area contributed by atoms with E-state index >= 15 is 0 Å². The highest BCUT2D eigenvalue weighted by atomic mass is 32.2. The Balaban J connectivity index is 1.81. The first-order valence-electron chi connectivity index (χ1n) is 7.32. The fourth-order valence-electron chi connectivity index (χ4n) is 3.11. The lowest BCUT2D eigenvalue weighted by atomic mass is 9.98. The van der Waals surface area contributed by atoms with E-state index in [1.807, 2.05) is 6.07 Å². The Morgan fingerprint density at radius 1 is 1.27 bits per heavy atom. The number of nitrogens with zero attached hydrogens (tertiary/aromatic N) is 4. The summed E-state index contributed by atoms with van der Waals surface area (Å²) in [5.41, 5.74) is 1.66. The minimum absolute atomic E-state index is 0.0476. The SMILES string of the molecule is Cn1c(=O)n(CC2CCN(S(C)(=O)=O)CC2)c2ccncc21. The van der Waals surface area contributed by atoms with E-state index in [2.05, 4.69) is 4.98 Å². The van der Waals surface area contributed by atoms with E-state index in [1.54, 1.807) is 28.6 Å². The van der Waals surface area contributed by atoms with Crippen LogP contribution in [0.4, 0.5) is 0 Å². The van der Waals surface area contributed by atoms with Crippen molar-refractivity contribution >= 4 is 21.1 Å². The van der Waals surface area contributed by atoms with E-state index in [0.29, 0.717) is 25.6 Å². The summed E-state index contributed by atoms with van der Waals surface area (Å²) in [5, 5.41) is 0. The molecule has 0 radical (unpaired) electrons. The number of pyridine rings is 1. The summed E-state index contributed by atoms with van der Waals surface area (Å²) >= 11 is 0. The molecule has 22 heavy (non-hydrogen) atoms. The van der Waals surface area contributed by atoms with Gasteiger partial charge in [-0.3, -0.25) is 14.1 Å². The first kappa shape index (κ1) is 15.2. The van der Waals surface area contributed by atoms with Gasteiger partial charge >= 0.3 is 5.69 Å². The van der Waals surface area contributed by atoms with Gasteiger partial charge in [0.1, 0.15) is 0 Å². The minimum atomic E-state index is -3.11. The van der Waals surface area contributed by atoms with E-state index in [0.717, 1.165) is 23.9 Å². The molecule has 0 amide bonds. The molecule has 7 nitrogen and oxygen atoms in total. The molecule has 0 unspecified atom stereocenters. The van der Waals surface area contributed by atoms with Gasteiger partial charge in [-0.15, -0.1) is 0 Å². The molecule has 0 saturated carbocycles. The van der Waals surface area contributed by atoms with Crippen molar-refractivity contribution in [3.8, 4) is 0 Å². The van der Waals surface area contributed by atoms with Gasteiger partial charge in [0, 0.05) is 32.9 Å². The summed E-state index contributed by atoms with van der Waals surface area (Å²) in [6.07, 6.45) is 6.18. The molecule has 8 heteroatoms. The predicted molar refractivity (Wildman–Crippen MR) is 84.1 cm³/mol. The van der Waals surface area contributed by atoms with Crippen LogP contribution in [0.3, 0.4) is 0 Å². The quantitative estimate of drug-likeness (QED) is 0.819. The van der Waals surface area contributed by atoms with Crippen molar-refractivity contribution < 1.29 is 8.42 Å². The molecule has 0 aliphatic carbocycles. The van der Waals surface area contributed by atoms with Crippen LogP contribution in [-0.4, -0.2) is 46.2 Å². The number of rotatable bonds is 3. The highest BCUT2D eigenvalue weighted by Crippen LogP contribution is 2.22. The summed E-state index contributed by atoms with van der Waals surface area (Å²) in [6, 6.07) is 1.85. The molecule has 1 aliphatic heterocycles. The van der Waals surface area contributed by atoms with Gasteiger partial charge in [0.05, 0.1) is 23.5 Å². The second-order valence-electron chi connectivity index (χ2n) is 5.92. The molecule has 0 aromatic carbocycles. The van der Waals surface area contributed by atoms with E-state index in [4.69, 9.17) is 0 Å². The zero-order valence-corrected chi connectivity index (χ0v) is 13.6. The smallest absolute Gasteiger partial charge is 0.294 e. The number of aryl methyl sites for hydroxylation is 1.